The van der Waals surface area contributed by atoms with Crippen molar-refractivity contribution >= 4 is 28.8 Å². The van der Waals surface area contributed by atoms with Crippen LogP contribution in [0.5, 0.6) is 0 Å². The van der Waals surface area contributed by atoms with E-state index < -0.39 is 23.7 Å². The lowest BCUT2D eigenvalue weighted by molar-refractivity contribution is -0.136. The van der Waals surface area contributed by atoms with E-state index in [1.807, 2.05) is 5.38 Å². The van der Waals surface area contributed by atoms with E-state index in [-0.39, 0.29) is 11.1 Å². The summed E-state index contributed by atoms with van der Waals surface area (Å²) in [5, 5.41) is 7.64. The number of thiazole rings is 1. The van der Waals surface area contributed by atoms with Crippen LogP contribution < -0.4 is 10.6 Å². The van der Waals surface area contributed by atoms with Crippen molar-refractivity contribution in [1.82, 2.24) is 10.3 Å². The van der Waals surface area contributed by atoms with Crippen LogP contribution in [0.25, 0.3) is 0 Å². The summed E-state index contributed by atoms with van der Waals surface area (Å²) in [7, 11) is 0. The predicted molar refractivity (Wildman–Crippen MR) is 92.4 cm³/mol. The van der Waals surface area contributed by atoms with Crippen LogP contribution in [0.15, 0.2) is 29.6 Å². The normalized spacial score (nSPS) is 12.5. The molecule has 0 aliphatic rings. The smallest absolute Gasteiger partial charge is 0.313 e. The third kappa shape index (κ3) is 4.61. The van der Waals surface area contributed by atoms with Gasteiger partial charge in [-0.1, -0.05) is 26.8 Å². The van der Waals surface area contributed by atoms with Gasteiger partial charge >= 0.3 is 11.8 Å². The van der Waals surface area contributed by atoms with Crippen molar-refractivity contribution in [2.75, 3.05) is 5.32 Å². The van der Waals surface area contributed by atoms with E-state index >= 15 is 0 Å². The van der Waals surface area contributed by atoms with E-state index in [0.29, 0.717) is 0 Å². The molecule has 0 unspecified atom stereocenters. The first-order valence-corrected chi connectivity index (χ1v) is 8.38. The van der Waals surface area contributed by atoms with E-state index in [4.69, 9.17) is 0 Å². The fourth-order valence-electron chi connectivity index (χ4n) is 1.91. The Morgan fingerprint density at radius 1 is 1.25 bits per heavy atom. The first kappa shape index (κ1) is 18.1. The summed E-state index contributed by atoms with van der Waals surface area (Å²) in [6.45, 7) is 7.93. The Balaban J connectivity index is 1.98. The Bertz CT molecular complexity index is 752. The minimum atomic E-state index is -0.847. The number of rotatable bonds is 3. The highest BCUT2D eigenvalue weighted by Gasteiger charge is 2.22. The van der Waals surface area contributed by atoms with Gasteiger partial charge in [0.15, 0.2) is 0 Å². The second-order valence-corrected chi connectivity index (χ2v) is 7.37. The highest BCUT2D eigenvalue weighted by atomic mass is 32.1. The molecule has 128 valence electrons. The summed E-state index contributed by atoms with van der Waals surface area (Å²) < 4.78 is 13.1. The summed E-state index contributed by atoms with van der Waals surface area (Å²) >= 11 is 1.44. The molecule has 7 heteroatoms. The zero-order valence-corrected chi connectivity index (χ0v) is 14.8. The topological polar surface area (TPSA) is 71.1 Å². The molecule has 2 rings (SSSR count). The van der Waals surface area contributed by atoms with Gasteiger partial charge in [0.2, 0.25) is 0 Å². The van der Waals surface area contributed by atoms with Crippen molar-refractivity contribution in [1.29, 1.82) is 0 Å². The number of anilines is 1. The van der Waals surface area contributed by atoms with Crippen LogP contribution in [0.3, 0.4) is 0 Å². The number of benzene rings is 1. The van der Waals surface area contributed by atoms with Gasteiger partial charge in [0.05, 0.1) is 11.7 Å². The number of amides is 2. The molecule has 0 aliphatic heterocycles. The minimum Gasteiger partial charge on any atom is -0.339 e. The van der Waals surface area contributed by atoms with Gasteiger partial charge in [-0.05, 0) is 25.1 Å². The Morgan fingerprint density at radius 2 is 1.96 bits per heavy atom. The molecule has 24 heavy (non-hydrogen) atoms. The number of carbonyl (C=O) groups excluding carboxylic acids is 2. The number of nitrogens with zero attached hydrogens (tertiary/aromatic N) is 1. The molecule has 0 fully saturated rings. The fourth-order valence-corrected chi connectivity index (χ4v) is 2.96. The molecule has 5 nitrogen and oxygen atoms in total. The third-order valence-corrected chi connectivity index (χ3v) is 4.32. The molecule has 0 bridgehead atoms. The number of hydrogen-bond acceptors (Lipinski definition) is 4. The molecule has 2 N–H and O–H groups in total. The largest absolute Gasteiger partial charge is 0.339 e. The number of carbonyl (C=O) groups is 2. The van der Waals surface area contributed by atoms with Gasteiger partial charge in [-0.2, -0.15) is 0 Å². The molecule has 0 radical (unpaired) electrons. The second-order valence-electron chi connectivity index (χ2n) is 6.48. The Morgan fingerprint density at radius 3 is 2.54 bits per heavy atom. The number of aromatic nitrogens is 1. The summed E-state index contributed by atoms with van der Waals surface area (Å²) in [4.78, 5) is 28.4. The van der Waals surface area contributed by atoms with E-state index in [0.717, 1.165) is 16.8 Å². The standard InChI is InChI=1S/C17H20FN3O2S/c1-10(16-21-13(9-24-16)17(2,3)4)19-14(22)15(23)20-12-7-5-6-11(18)8-12/h5-10H,1-4H3,(H,19,22)(H,20,23)/t10-/m1/s1. The highest BCUT2D eigenvalue weighted by Crippen LogP contribution is 2.26. The van der Waals surface area contributed by atoms with Crippen LogP contribution in [-0.4, -0.2) is 16.8 Å². The molecule has 2 aromatic rings. The molecule has 0 aliphatic carbocycles. The van der Waals surface area contributed by atoms with Crippen LogP contribution in [0.4, 0.5) is 10.1 Å². The zero-order valence-electron chi connectivity index (χ0n) is 14.0. The minimum absolute atomic E-state index is 0.0762. The van der Waals surface area contributed by atoms with E-state index in [2.05, 4.69) is 36.4 Å². The van der Waals surface area contributed by atoms with Crippen molar-refractivity contribution in [3.05, 3.63) is 46.2 Å². The number of nitrogens with one attached hydrogen (secondary N) is 2. The molecule has 0 saturated carbocycles. The summed E-state index contributed by atoms with van der Waals surface area (Å²) in [5.41, 5.74) is 1.09. The molecule has 1 heterocycles. The van der Waals surface area contributed by atoms with Crippen LogP contribution in [0.2, 0.25) is 0 Å². The summed E-state index contributed by atoms with van der Waals surface area (Å²) in [6, 6.07) is 4.97. The summed E-state index contributed by atoms with van der Waals surface area (Å²) in [5.74, 6) is -2.13. The van der Waals surface area contributed by atoms with Gasteiger partial charge in [0.25, 0.3) is 0 Å². The first-order chi connectivity index (χ1) is 11.2. The Labute approximate surface area is 144 Å². The molecule has 0 saturated heterocycles. The lowest BCUT2D eigenvalue weighted by Gasteiger charge is -2.15. The molecule has 2 amide bonds. The molecule has 1 aromatic carbocycles. The van der Waals surface area contributed by atoms with Gasteiger partial charge < -0.3 is 10.6 Å². The van der Waals surface area contributed by atoms with Gasteiger partial charge in [-0.15, -0.1) is 11.3 Å². The lowest BCUT2D eigenvalue weighted by Crippen LogP contribution is -2.37. The first-order valence-electron chi connectivity index (χ1n) is 7.50. The highest BCUT2D eigenvalue weighted by molar-refractivity contribution is 7.09. The molecular weight excluding hydrogens is 329 g/mol. The van der Waals surface area contributed by atoms with Crippen molar-refractivity contribution in [3.63, 3.8) is 0 Å². The van der Waals surface area contributed by atoms with Crippen molar-refractivity contribution < 1.29 is 14.0 Å². The average Bonchev–Trinajstić information content (AvgIpc) is 2.97. The van der Waals surface area contributed by atoms with Gasteiger partial charge in [-0.25, -0.2) is 9.37 Å². The van der Waals surface area contributed by atoms with Crippen LogP contribution in [0.1, 0.15) is 44.4 Å². The quantitative estimate of drug-likeness (QED) is 0.835. The van der Waals surface area contributed by atoms with Gasteiger partial charge in [-0.3, -0.25) is 9.59 Å². The lowest BCUT2D eigenvalue weighted by atomic mass is 9.93. The average molecular weight is 349 g/mol. The van der Waals surface area contributed by atoms with Crippen LogP contribution in [0, 0.1) is 5.82 Å². The number of hydrogen-bond donors (Lipinski definition) is 2. The van der Waals surface area contributed by atoms with Crippen LogP contribution in [-0.2, 0) is 15.0 Å². The Kier molecular flexibility index (Phi) is 5.33. The SMILES string of the molecule is C[C@@H](NC(=O)C(=O)Nc1cccc(F)c1)c1nc(C(C)(C)C)cs1. The van der Waals surface area contributed by atoms with Gasteiger partial charge in [0.1, 0.15) is 10.8 Å². The molecule has 0 spiro atoms. The van der Waals surface area contributed by atoms with Crippen molar-refractivity contribution in [2.24, 2.45) is 0 Å². The van der Waals surface area contributed by atoms with Gasteiger partial charge in [0, 0.05) is 16.5 Å². The summed E-state index contributed by atoms with van der Waals surface area (Å²) in [6.07, 6.45) is 0. The maximum atomic E-state index is 13.1. The van der Waals surface area contributed by atoms with E-state index in [1.165, 1.54) is 29.5 Å². The molecule has 1 aromatic heterocycles. The van der Waals surface area contributed by atoms with Crippen molar-refractivity contribution in [3.8, 4) is 0 Å². The third-order valence-electron chi connectivity index (χ3n) is 3.30. The fraction of sp³-hybridized carbons (Fsp3) is 0.353. The molecular formula is C17H20FN3O2S. The van der Waals surface area contributed by atoms with E-state index in [9.17, 15) is 14.0 Å². The molecule has 1 atom stereocenters. The zero-order chi connectivity index (χ0) is 17.9. The van der Waals surface area contributed by atoms with E-state index in [1.54, 1.807) is 6.92 Å². The monoisotopic (exact) mass is 349 g/mol. The second kappa shape index (κ2) is 7.09. The number of halogens is 1. The maximum absolute atomic E-state index is 13.1. The predicted octanol–water partition coefficient (Wildman–Crippen LogP) is 3.40. The maximum Gasteiger partial charge on any atom is 0.313 e. The van der Waals surface area contributed by atoms with Crippen molar-refractivity contribution in [2.45, 2.75) is 39.2 Å². The van der Waals surface area contributed by atoms with Crippen LogP contribution >= 0.6 is 11.3 Å². The Hall–Kier alpha value is -2.28.